The van der Waals surface area contributed by atoms with Gasteiger partial charge in [-0.25, -0.2) is 0 Å². The fourth-order valence-corrected chi connectivity index (χ4v) is 3.85. The number of nitrogens with one attached hydrogen (secondary N) is 2. The Bertz CT molecular complexity index is 817. The van der Waals surface area contributed by atoms with Gasteiger partial charge in [-0.2, -0.15) is 0 Å². The lowest BCUT2D eigenvalue weighted by Gasteiger charge is -2.32. The van der Waals surface area contributed by atoms with E-state index in [1.165, 1.54) is 5.56 Å². The van der Waals surface area contributed by atoms with Crippen LogP contribution in [0.25, 0.3) is 0 Å². The molecule has 3 rings (SSSR count). The molecule has 1 aliphatic rings. The van der Waals surface area contributed by atoms with Crippen LogP contribution in [0.1, 0.15) is 39.9 Å². The smallest absolute Gasteiger partial charge is 0.251 e. The molecule has 2 aromatic carbocycles. The van der Waals surface area contributed by atoms with E-state index in [2.05, 4.69) is 34.6 Å². The number of amides is 2. The molecule has 0 atom stereocenters. The summed E-state index contributed by atoms with van der Waals surface area (Å²) in [6, 6.07) is 13.6. The van der Waals surface area contributed by atoms with Crippen molar-refractivity contribution in [2.45, 2.75) is 39.7 Å². The Kier molecular flexibility index (Phi) is 6.47. The first-order valence-electron chi connectivity index (χ1n) is 9.88. The van der Waals surface area contributed by atoms with Crippen molar-refractivity contribution in [1.29, 1.82) is 0 Å². The average molecular weight is 380 g/mol. The van der Waals surface area contributed by atoms with Crippen molar-refractivity contribution in [3.63, 3.8) is 0 Å². The number of benzene rings is 2. The summed E-state index contributed by atoms with van der Waals surface area (Å²) in [7, 11) is 0. The van der Waals surface area contributed by atoms with Gasteiger partial charge < -0.3 is 10.6 Å². The first-order chi connectivity index (χ1) is 13.4. The van der Waals surface area contributed by atoms with Crippen molar-refractivity contribution in [2.24, 2.45) is 0 Å². The third-order valence-corrected chi connectivity index (χ3v) is 5.27. The molecule has 0 bridgehead atoms. The molecule has 1 saturated heterocycles. The lowest BCUT2D eigenvalue weighted by Crippen LogP contribution is -2.46. The second-order valence-electron chi connectivity index (χ2n) is 7.71. The van der Waals surface area contributed by atoms with Crippen LogP contribution in [0.15, 0.2) is 42.5 Å². The van der Waals surface area contributed by atoms with Gasteiger partial charge >= 0.3 is 0 Å². The van der Waals surface area contributed by atoms with Gasteiger partial charge in [0.05, 0.1) is 6.54 Å². The number of carbonyl (C=O) groups excluding carboxylic acids is 2. The predicted molar refractivity (Wildman–Crippen MR) is 113 cm³/mol. The molecular formula is C23H29N3O2. The minimum absolute atomic E-state index is 0.0156. The van der Waals surface area contributed by atoms with Crippen LogP contribution in [0.5, 0.6) is 0 Å². The molecule has 0 aliphatic carbocycles. The monoisotopic (exact) mass is 379 g/mol. The van der Waals surface area contributed by atoms with Crippen molar-refractivity contribution >= 4 is 17.5 Å². The van der Waals surface area contributed by atoms with Crippen LogP contribution in [0.3, 0.4) is 0 Å². The van der Waals surface area contributed by atoms with E-state index in [1.807, 2.05) is 44.2 Å². The van der Waals surface area contributed by atoms with Gasteiger partial charge in [-0.05, 0) is 56.9 Å². The highest BCUT2D eigenvalue weighted by Gasteiger charge is 2.22. The number of piperidine rings is 1. The Morgan fingerprint density at radius 1 is 1.00 bits per heavy atom. The number of hydrogen-bond acceptors (Lipinski definition) is 3. The third kappa shape index (κ3) is 5.20. The lowest BCUT2D eigenvalue weighted by atomic mass is 10.0. The van der Waals surface area contributed by atoms with Crippen LogP contribution >= 0.6 is 0 Å². The summed E-state index contributed by atoms with van der Waals surface area (Å²) in [6.45, 7) is 8.10. The summed E-state index contributed by atoms with van der Waals surface area (Å²) in [5.41, 5.74) is 4.99. The van der Waals surface area contributed by atoms with Crippen molar-refractivity contribution in [3.8, 4) is 0 Å². The van der Waals surface area contributed by atoms with E-state index >= 15 is 0 Å². The fourth-order valence-electron chi connectivity index (χ4n) is 3.85. The molecule has 28 heavy (non-hydrogen) atoms. The predicted octanol–water partition coefficient (Wildman–Crippen LogP) is 3.44. The SMILES string of the molecule is Cc1cc(C)c(NC(=O)CN2CCC(NC(=O)c3ccccc3)CC2)c(C)c1. The van der Waals surface area contributed by atoms with E-state index in [-0.39, 0.29) is 17.9 Å². The Labute approximate surface area is 167 Å². The van der Waals surface area contributed by atoms with Gasteiger partial charge in [0.25, 0.3) is 5.91 Å². The van der Waals surface area contributed by atoms with Crippen molar-refractivity contribution < 1.29 is 9.59 Å². The summed E-state index contributed by atoms with van der Waals surface area (Å²) >= 11 is 0. The molecule has 1 fully saturated rings. The maximum atomic E-state index is 12.5. The largest absolute Gasteiger partial charge is 0.349 e. The van der Waals surface area contributed by atoms with Crippen LogP contribution in [0.2, 0.25) is 0 Å². The van der Waals surface area contributed by atoms with Crippen molar-refractivity contribution in [3.05, 3.63) is 64.7 Å². The van der Waals surface area contributed by atoms with Crippen molar-refractivity contribution in [1.82, 2.24) is 10.2 Å². The van der Waals surface area contributed by atoms with E-state index in [9.17, 15) is 9.59 Å². The first kappa shape index (κ1) is 20.1. The maximum absolute atomic E-state index is 12.5. The normalized spacial score (nSPS) is 15.2. The number of rotatable bonds is 5. The van der Waals surface area contributed by atoms with Gasteiger partial charge in [0, 0.05) is 30.4 Å². The van der Waals surface area contributed by atoms with Gasteiger partial charge in [-0.1, -0.05) is 35.9 Å². The second kappa shape index (κ2) is 9.02. The molecular weight excluding hydrogens is 350 g/mol. The summed E-state index contributed by atoms with van der Waals surface area (Å²) < 4.78 is 0. The maximum Gasteiger partial charge on any atom is 0.251 e. The molecule has 2 aromatic rings. The molecule has 0 aromatic heterocycles. The summed E-state index contributed by atoms with van der Waals surface area (Å²) in [6.07, 6.45) is 1.71. The van der Waals surface area contributed by atoms with Crippen LogP contribution in [0.4, 0.5) is 5.69 Å². The van der Waals surface area contributed by atoms with Crippen LogP contribution < -0.4 is 10.6 Å². The Hall–Kier alpha value is -2.66. The van der Waals surface area contributed by atoms with E-state index in [0.717, 1.165) is 42.7 Å². The highest BCUT2D eigenvalue weighted by atomic mass is 16.2. The number of hydrogen-bond donors (Lipinski definition) is 2. The number of anilines is 1. The average Bonchev–Trinajstić information content (AvgIpc) is 2.67. The Morgan fingerprint density at radius 2 is 1.61 bits per heavy atom. The molecule has 0 spiro atoms. The van der Waals surface area contributed by atoms with Gasteiger partial charge in [-0.3, -0.25) is 14.5 Å². The molecule has 0 unspecified atom stereocenters. The minimum atomic E-state index is -0.0258. The lowest BCUT2D eigenvalue weighted by molar-refractivity contribution is -0.117. The van der Waals surface area contributed by atoms with Gasteiger partial charge in [0.1, 0.15) is 0 Å². The summed E-state index contributed by atoms with van der Waals surface area (Å²) in [5.74, 6) is -0.0102. The molecule has 5 heteroatoms. The van der Waals surface area contributed by atoms with Gasteiger partial charge in [0.2, 0.25) is 5.91 Å². The number of carbonyl (C=O) groups is 2. The number of aryl methyl sites for hydroxylation is 3. The molecule has 1 aliphatic heterocycles. The van der Waals surface area contributed by atoms with Crippen LogP contribution in [0, 0.1) is 20.8 Å². The fraction of sp³-hybridized carbons (Fsp3) is 0.391. The number of likely N-dealkylation sites (tertiary alicyclic amines) is 1. The highest BCUT2D eigenvalue weighted by Crippen LogP contribution is 2.22. The summed E-state index contributed by atoms with van der Waals surface area (Å²) in [4.78, 5) is 26.9. The number of nitrogens with zero attached hydrogens (tertiary/aromatic N) is 1. The first-order valence-corrected chi connectivity index (χ1v) is 9.88. The topological polar surface area (TPSA) is 61.4 Å². The Morgan fingerprint density at radius 3 is 2.21 bits per heavy atom. The molecule has 5 nitrogen and oxygen atoms in total. The van der Waals surface area contributed by atoms with Crippen molar-refractivity contribution in [2.75, 3.05) is 25.0 Å². The summed E-state index contributed by atoms with van der Waals surface area (Å²) in [5, 5.41) is 6.17. The molecule has 0 radical (unpaired) electrons. The van der Waals surface area contributed by atoms with Crippen LogP contribution in [-0.2, 0) is 4.79 Å². The van der Waals surface area contributed by atoms with E-state index in [0.29, 0.717) is 12.1 Å². The standard InChI is InChI=1S/C23H29N3O2/c1-16-13-17(2)22(18(3)14-16)25-21(27)15-26-11-9-20(10-12-26)24-23(28)19-7-5-4-6-8-19/h4-8,13-14,20H,9-12,15H2,1-3H3,(H,24,28)(H,25,27). The molecule has 1 heterocycles. The zero-order chi connectivity index (χ0) is 20.1. The zero-order valence-electron chi connectivity index (χ0n) is 16.9. The van der Waals surface area contributed by atoms with Gasteiger partial charge in [0.15, 0.2) is 0 Å². The Balaban J connectivity index is 1.46. The van der Waals surface area contributed by atoms with Gasteiger partial charge in [-0.15, -0.1) is 0 Å². The minimum Gasteiger partial charge on any atom is -0.349 e. The highest BCUT2D eigenvalue weighted by molar-refractivity contribution is 5.94. The molecule has 2 amide bonds. The zero-order valence-corrected chi connectivity index (χ0v) is 16.9. The molecule has 2 N–H and O–H groups in total. The van der Waals surface area contributed by atoms with E-state index in [4.69, 9.17) is 0 Å². The molecule has 148 valence electrons. The van der Waals surface area contributed by atoms with E-state index < -0.39 is 0 Å². The molecule has 0 saturated carbocycles. The third-order valence-electron chi connectivity index (χ3n) is 5.27. The quantitative estimate of drug-likeness (QED) is 0.837. The van der Waals surface area contributed by atoms with Crippen LogP contribution in [-0.4, -0.2) is 42.4 Å². The second-order valence-corrected chi connectivity index (χ2v) is 7.71. The van der Waals surface area contributed by atoms with E-state index in [1.54, 1.807) is 0 Å².